The molecule has 0 spiro atoms. The minimum atomic E-state index is -1.55. The third-order valence-electron chi connectivity index (χ3n) is 12.0. The van der Waals surface area contributed by atoms with Crippen molar-refractivity contribution in [2.75, 3.05) is 53.5 Å². The van der Waals surface area contributed by atoms with Crippen molar-refractivity contribution in [2.24, 2.45) is 0 Å². The van der Waals surface area contributed by atoms with Gasteiger partial charge in [0.2, 0.25) is 11.8 Å². The molecule has 2 saturated heterocycles. The maximum atomic E-state index is 14.1. The maximum absolute atomic E-state index is 14.1. The fourth-order valence-electron chi connectivity index (χ4n) is 8.53. The van der Waals surface area contributed by atoms with Crippen molar-refractivity contribution in [1.29, 1.82) is 0 Å². The van der Waals surface area contributed by atoms with E-state index in [0.717, 1.165) is 31.0 Å². The molecule has 2 aromatic heterocycles. The van der Waals surface area contributed by atoms with Gasteiger partial charge in [0.1, 0.15) is 52.5 Å². The highest BCUT2D eigenvalue weighted by Gasteiger charge is 2.58. The fraction of sp³-hybridized carbons (Fsp3) is 0.435. The number of hydrogen-bond donors (Lipinski definition) is 0. The second kappa shape index (κ2) is 21.5. The van der Waals surface area contributed by atoms with Gasteiger partial charge in [-0.15, -0.1) is 32.0 Å². The molecule has 342 valence electrons. The minimum Gasteiger partial charge on any atom is -0.467 e. The zero-order chi connectivity index (χ0) is 45.8. The summed E-state index contributed by atoms with van der Waals surface area (Å²) in [6.07, 6.45) is 0.905. The Morgan fingerprint density at radius 2 is 0.906 bits per heavy atom. The van der Waals surface area contributed by atoms with Gasteiger partial charge in [-0.05, 0) is 34.0 Å². The predicted octanol–water partition coefficient (Wildman–Crippen LogP) is 5.52. The van der Waals surface area contributed by atoms with Crippen molar-refractivity contribution in [3.63, 3.8) is 0 Å². The first-order valence-electron chi connectivity index (χ1n) is 21.1. The lowest BCUT2D eigenvalue weighted by atomic mass is 9.86. The van der Waals surface area contributed by atoms with Crippen LogP contribution in [0.4, 0.5) is 0 Å². The van der Waals surface area contributed by atoms with Crippen LogP contribution in [0.1, 0.15) is 60.4 Å². The lowest BCUT2D eigenvalue weighted by Crippen LogP contribution is -2.68. The van der Waals surface area contributed by atoms with Crippen molar-refractivity contribution in [2.45, 2.75) is 76.7 Å². The van der Waals surface area contributed by atoms with E-state index in [4.69, 9.17) is 28.8 Å². The first kappa shape index (κ1) is 48.0. The molecular formula is C46H56N4O12S2+2. The number of amides is 2. The average molecular weight is 921 g/mol. The van der Waals surface area contributed by atoms with Gasteiger partial charge < -0.3 is 9.47 Å². The molecule has 2 fully saturated rings. The molecule has 0 saturated carbocycles. The molecular weight excluding hydrogens is 865 g/mol. The van der Waals surface area contributed by atoms with Crippen LogP contribution in [0.2, 0.25) is 0 Å². The zero-order valence-electron chi connectivity index (χ0n) is 36.6. The first-order chi connectivity index (χ1) is 30.8. The van der Waals surface area contributed by atoms with Gasteiger partial charge in [0.05, 0.1) is 14.2 Å². The fourth-order valence-corrected chi connectivity index (χ4v) is 9.93. The van der Waals surface area contributed by atoms with E-state index in [0.29, 0.717) is 12.8 Å². The number of hydrogen-bond acceptors (Lipinski definition) is 14. The highest BCUT2D eigenvalue weighted by Crippen LogP contribution is 2.38. The summed E-state index contributed by atoms with van der Waals surface area (Å²) in [5.74, 6) is -4.87. The lowest BCUT2D eigenvalue weighted by Gasteiger charge is -2.47. The van der Waals surface area contributed by atoms with Crippen LogP contribution in [0.5, 0.6) is 0 Å². The average Bonchev–Trinajstić information content (AvgIpc) is 4.05. The number of hydroxylamine groups is 10. The predicted molar refractivity (Wildman–Crippen MR) is 233 cm³/mol. The van der Waals surface area contributed by atoms with Crippen molar-refractivity contribution < 1.29 is 66.9 Å². The Morgan fingerprint density at radius 3 is 1.20 bits per heavy atom. The van der Waals surface area contributed by atoms with E-state index in [9.17, 15) is 28.8 Å². The standard InChI is InChI=1S/C46H56N4O12S2/c1-35(51)47(59-33-37-13-7-5-8-14-37)45(43(55)57-3)21-27-49(28-22-45,25-19-39-17-11-31-63-39)61-41(53)42(54)62-50(26-20-40-18-12-32-64-40)29-23-46(24-30-50,44(56)58-4)48(36(2)52)60-34-38-15-9-6-10-16-38/h5-18,31-32H,19-30,33-34H2,1-4H3/q+2. The molecule has 0 unspecified atom stereocenters. The van der Waals surface area contributed by atoms with E-state index in [1.165, 1.54) is 50.7 Å². The number of likely N-dealkylation sites (tertiary alicyclic amines) is 2. The molecule has 4 aromatic rings. The summed E-state index contributed by atoms with van der Waals surface area (Å²) in [5, 5.41) is 6.02. The Balaban J connectivity index is 1.23. The molecule has 2 aromatic carbocycles. The molecule has 2 amide bonds. The van der Waals surface area contributed by atoms with Crippen LogP contribution >= 0.6 is 22.7 Å². The zero-order valence-corrected chi connectivity index (χ0v) is 38.3. The minimum absolute atomic E-state index is 0.0130. The van der Waals surface area contributed by atoms with Gasteiger partial charge in [0, 0.05) is 62.1 Å². The topological polar surface area (TPSA) is 164 Å². The number of benzene rings is 2. The number of quaternary nitrogens is 2. The van der Waals surface area contributed by atoms with Crippen LogP contribution in [0.3, 0.4) is 0 Å². The summed E-state index contributed by atoms with van der Waals surface area (Å²) in [6, 6.07) is 26.2. The number of carbonyl (C=O) groups is 6. The van der Waals surface area contributed by atoms with Crippen molar-refractivity contribution in [3.05, 3.63) is 117 Å². The number of ether oxygens (including phenoxy) is 2. The van der Waals surface area contributed by atoms with Crippen LogP contribution < -0.4 is 0 Å². The summed E-state index contributed by atoms with van der Waals surface area (Å²) in [6.45, 7) is 3.27. The molecule has 2 aliphatic rings. The van der Waals surface area contributed by atoms with Crippen LogP contribution in [-0.2, 0) is 83.6 Å². The summed E-state index contributed by atoms with van der Waals surface area (Å²) in [5.41, 5.74) is -1.54. The van der Waals surface area contributed by atoms with Crippen molar-refractivity contribution >= 4 is 58.4 Å². The largest absolute Gasteiger partial charge is 0.480 e. The summed E-state index contributed by atoms with van der Waals surface area (Å²) in [4.78, 5) is 108. The Bertz CT molecular complexity index is 2030. The van der Waals surface area contributed by atoms with Crippen LogP contribution in [0.15, 0.2) is 95.7 Å². The highest BCUT2D eigenvalue weighted by atomic mass is 32.1. The highest BCUT2D eigenvalue weighted by molar-refractivity contribution is 7.10. The molecule has 0 N–H and O–H groups in total. The molecule has 4 heterocycles. The SMILES string of the molecule is COC(=O)C1(N(OCc2ccccc2)C(C)=O)CC[N+](CCc2cccs2)(OC(=O)C(=O)O[N+]2(CCc3cccs3)CCC(C(=O)OC)(N(OCc3ccccc3)C(C)=O)CC2)CC1. The number of thiophene rings is 2. The molecule has 0 aliphatic carbocycles. The van der Waals surface area contributed by atoms with E-state index in [1.54, 1.807) is 0 Å². The third kappa shape index (κ3) is 11.2. The summed E-state index contributed by atoms with van der Waals surface area (Å²) in [7, 11) is 2.48. The van der Waals surface area contributed by atoms with Crippen molar-refractivity contribution in [3.8, 4) is 0 Å². The molecule has 64 heavy (non-hydrogen) atoms. The van der Waals surface area contributed by atoms with Gasteiger partial charge in [-0.1, -0.05) is 72.8 Å². The number of rotatable bonds is 18. The Labute approximate surface area is 380 Å². The van der Waals surface area contributed by atoms with E-state index in [-0.39, 0.29) is 87.5 Å². The number of piperidine rings is 2. The summed E-state index contributed by atoms with van der Waals surface area (Å²) >= 11 is 3.07. The Morgan fingerprint density at radius 1 is 0.547 bits per heavy atom. The number of methoxy groups -OCH3 is 2. The maximum Gasteiger partial charge on any atom is 0.480 e. The van der Waals surface area contributed by atoms with Gasteiger partial charge >= 0.3 is 23.9 Å². The molecule has 6 rings (SSSR count). The molecule has 0 bridgehead atoms. The quantitative estimate of drug-likeness (QED) is 0.0533. The van der Waals surface area contributed by atoms with E-state index in [2.05, 4.69) is 0 Å². The van der Waals surface area contributed by atoms with Crippen LogP contribution in [-0.4, -0.2) is 120 Å². The second-order valence-electron chi connectivity index (χ2n) is 16.1. The molecule has 2 aliphatic heterocycles. The Hall–Kier alpha value is -5.50. The van der Waals surface area contributed by atoms with Crippen LogP contribution in [0.25, 0.3) is 0 Å². The lowest BCUT2D eigenvalue weighted by molar-refractivity contribution is -1.10. The third-order valence-corrected chi connectivity index (χ3v) is 13.9. The molecule has 0 atom stereocenters. The van der Waals surface area contributed by atoms with Gasteiger partial charge in [-0.2, -0.15) is 0 Å². The smallest absolute Gasteiger partial charge is 0.467 e. The monoisotopic (exact) mass is 920 g/mol. The second-order valence-corrected chi connectivity index (χ2v) is 18.1. The van der Waals surface area contributed by atoms with E-state index >= 15 is 0 Å². The number of nitrogens with zero attached hydrogens (tertiary/aromatic N) is 4. The number of carbonyl (C=O) groups excluding carboxylic acids is 6. The van der Waals surface area contributed by atoms with E-state index in [1.807, 2.05) is 95.7 Å². The van der Waals surface area contributed by atoms with Crippen molar-refractivity contribution in [1.82, 2.24) is 10.1 Å². The molecule has 16 nitrogen and oxygen atoms in total. The first-order valence-corrected chi connectivity index (χ1v) is 22.9. The van der Waals surface area contributed by atoms with Gasteiger partial charge in [0.15, 0.2) is 11.1 Å². The van der Waals surface area contributed by atoms with Crippen LogP contribution in [0, 0.1) is 0 Å². The van der Waals surface area contributed by atoms with Gasteiger partial charge in [-0.25, -0.2) is 29.3 Å². The molecule has 18 heteroatoms. The normalized spacial score (nSPS) is 23.0. The molecule has 0 radical (unpaired) electrons. The van der Waals surface area contributed by atoms with Gasteiger partial charge in [-0.3, -0.25) is 28.9 Å². The Kier molecular flexibility index (Phi) is 16.1. The van der Waals surface area contributed by atoms with Gasteiger partial charge in [0.25, 0.3) is 0 Å². The summed E-state index contributed by atoms with van der Waals surface area (Å²) < 4.78 is 9.84. The van der Waals surface area contributed by atoms with E-state index < -0.39 is 46.8 Å². The number of esters is 2.